The van der Waals surface area contributed by atoms with Gasteiger partial charge >= 0.3 is 0 Å². The summed E-state index contributed by atoms with van der Waals surface area (Å²) in [4.78, 5) is 34.1. The van der Waals surface area contributed by atoms with Crippen molar-refractivity contribution < 1.29 is 9.53 Å². The average molecular weight is 498 g/mol. The minimum Gasteiger partial charge on any atom is -0.488 e. The average Bonchev–Trinajstić information content (AvgIpc) is 3.34. The Kier molecular flexibility index (Phi) is 5.87. The molecule has 2 N–H and O–H groups in total. The lowest BCUT2D eigenvalue weighted by Gasteiger charge is -2.32. The first-order valence-corrected chi connectivity index (χ1v) is 12.3. The number of rotatable bonds is 5. The maximum absolute atomic E-state index is 12.2. The van der Waals surface area contributed by atoms with Gasteiger partial charge in [-0.25, -0.2) is 19.6 Å². The van der Waals surface area contributed by atoms with Crippen LogP contribution in [-0.4, -0.2) is 66.8 Å². The summed E-state index contributed by atoms with van der Waals surface area (Å²) in [6.45, 7) is 6.83. The fourth-order valence-electron chi connectivity index (χ4n) is 5.05. The summed E-state index contributed by atoms with van der Waals surface area (Å²) < 4.78 is 7.60. The molecule has 0 aromatic carbocycles. The third kappa shape index (κ3) is 4.22. The molecule has 1 amide bonds. The molecule has 1 atom stereocenters. The molecule has 1 saturated heterocycles. The van der Waals surface area contributed by atoms with E-state index in [1.165, 1.54) is 12.4 Å². The zero-order valence-corrected chi connectivity index (χ0v) is 20.3. The smallest absolute Gasteiger partial charge is 0.246 e. The molecule has 37 heavy (non-hydrogen) atoms. The van der Waals surface area contributed by atoms with Crippen LogP contribution in [0.15, 0.2) is 55.6 Å². The molecule has 1 fully saturated rings. The molecular weight excluding hydrogens is 470 g/mol. The number of piperidine rings is 1. The first-order valence-electron chi connectivity index (χ1n) is 12.3. The van der Waals surface area contributed by atoms with E-state index in [0.717, 1.165) is 42.2 Å². The lowest BCUT2D eigenvalue weighted by Crippen LogP contribution is -2.40. The van der Waals surface area contributed by atoms with Gasteiger partial charge in [0.2, 0.25) is 5.91 Å². The van der Waals surface area contributed by atoms with E-state index < -0.39 is 0 Å². The van der Waals surface area contributed by atoms with Crippen LogP contribution in [0, 0.1) is 0 Å². The molecule has 6 heterocycles. The predicted molar refractivity (Wildman–Crippen MR) is 139 cm³/mol. The second kappa shape index (κ2) is 9.49. The molecule has 0 bridgehead atoms. The Bertz CT molecular complexity index is 1470. The van der Waals surface area contributed by atoms with Crippen molar-refractivity contribution in [3.63, 3.8) is 0 Å². The zero-order valence-electron chi connectivity index (χ0n) is 20.3. The minimum atomic E-state index is -0.0756. The summed E-state index contributed by atoms with van der Waals surface area (Å²) in [6.07, 6.45) is 8.13. The molecule has 11 heteroatoms. The van der Waals surface area contributed by atoms with Crippen LogP contribution < -0.4 is 15.4 Å². The molecule has 4 aromatic heterocycles. The SMILES string of the molecule is C=CC(=O)N1CCCC(n2nc(-c3ccc(CN4CCOc5cccnc54)nc3)c3c(N)ncnc32)C1. The van der Waals surface area contributed by atoms with Crippen molar-refractivity contribution in [1.29, 1.82) is 0 Å². The van der Waals surface area contributed by atoms with Crippen molar-refractivity contribution in [2.45, 2.75) is 25.4 Å². The van der Waals surface area contributed by atoms with E-state index in [-0.39, 0.29) is 11.9 Å². The summed E-state index contributed by atoms with van der Waals surface area (Å²) in [6, 6.07) is 7.76. The molecule has 188 valence electrons. The monoisotopic (exact) mass is 497 g/mol. The summed E-state index contributed by atoms with van der Waals surface area (Å²) in [7, 11) is 0. The molecule has 0 aliphatic carbocycles. The highest BCUT2D eigenvalue weighted by Gasteiger charge is 2.28. The van der Waals surface area contributed by atoms with Crippen molar-refractivity contribution in [2.75, 3.05) is 36.9 Å². The van der Waals surface area contributed by atoms with Gasteiger partial charge in [0.15, 0.2) is 17.2 Å². The van der Waals surface area contributed by atoms with Crippen LogP contribution in [0.3, 0.4) is 0 Å². The maximum Gasteiger partial charge on any atom is 0.246 e. The third-order valence-electron chi connectivity index (χ3n) is 6.87. The number of carbonyl (C=O) groups excluding carboxylic acids is 1. The Morgan fingerprint density at radius 1 is 1.19 bits per heavy atom. The first-order chi connectivity index (χ1) is 18.1. The van der Waals surface area contributed by atoms with Crippen LogP contribution >= 0.6 is 0 Å². The van der Waals surface area contributed by atoms with Crippen molar-refractivity contribution in [3.05, 3.63) is 61.3 Å². The van der Waals surface area contributed by atoms with Crippen LogP contribution in [-0.2, 0) is 11.3 Å². The second-order valence-electron chi connectivity index (χ2n) is 9.17. The normalized spacial score (nSPS) is 17.4. The number of nitrogens with two attached hydrogens (primary N) is 1. The first kappa shape index (κ1) is 22.9. The van der Waals surface area contributed by atoms with Crippen molar-refractivity contribution in [3.8, 4) is 17.0 Å². The molecule has 11 nitrogen and oxygen atoms in total. The fraction of sp³-hybridized carbons (Fsp3) is 0.308. The number of ether oxygens (including phenoxy) is 1. The van der Waals surface area contributed by atoms with Gasteiger partial charge in [0.1, 0.15) is 24.4 Å². The lowest BCUT2D eigenvalue weighted by atomic mass is 10.1. The Morgan fingerprint density at radius 3 is 2.95 bits per heavy atom. The van der Waals surface area contributed by atoms with Crippen LogP contribution in [0.2, 0.25) is 0 Å². The highest BCUT2D eigenvalue weighted by Crippen LogP contribution is 2.34. The van der Waals surface area contributed by atoms with E-state index in [2.05, 4.69) is 26.4 Å². The molecule has 2 aliphatic rings. The van der Waals surface area contributed by atoms with Gasteiger partial charge in [-0.05, 0) is 43.2 Å². The predicted octanol–water partition coefficient (Wildman–Crippen LogP) is 2.61. The third-order valence-corrected chi connectivity index (χ3v) is 6.87. The van der Waals surface area contributed by atoms with Gasteiger partial charge in [0.05, 0.1) is 30.2 Å². The molecule has 2 aliphatic heterocycles. The van der Waals surface area contributed by atoms with Gasteiger partial charge in [-0.2, -0.15) is 5.10 Å². The number of hydrogen-bond acceptors (Lipinski definition) is 9. The molecule has 0 saturated carbocycles. The standard InChI is InChI=1S/C26H27N9O2/c1-2-21(36)33-10-4-5-19(15-33)35-26-22(24(27)30-16-31-26)23(32-35)17-7-8-18(29-13-17)14-34-11-12-37-20-6-3-9-28-25(20)34/h2-3,6-9,13,16,19H,1,4-5,10-12,14-15H2,(H2,27,30,31). The number of likely N-dealkylation sites (tertiary alicyclic amines) is 1. The number of fused-ring (bicyclic) bond motifs is 2. The fourth-order valence-corrected chi connectivity index (χ4v) is 5.05. The van der Waals surface area contributed by atoms with Gasteiger partial charge in [-0.1, -0.05) is 6.58 Å². The Morgan fingerprint density at radius 2 is 2.11 bits per heavy atom. The van der Waals surface area contributed by atoms with Crippen LogP contribution in [0.4, 0.5) is 11.6 Å². The highest BCUT2D eigenvalue weighted by molar-refractivity contribution is 5.98. The molecule has 6 rings (SSSR count). The van der Waals surface area contributed by atoms with Crippen LogP contribution in [0.5, 0.6) is 5.75 Å². The van der Waals surface area contributed by atoms with Crippen LogP contribution in [0.1, 0.15) is 24.6 Å². The van der Waals surface area contributed by atoms with Gasteiger partial charge in [-0.3, -0.25) is 9.78 Å². The topological polar surface area (TPSA) is 128 Å². The lowest BCUT2D eigenvalue weighted by molar-refractivity contribution is -0.127. The molecule has 1 unspecified atom stereocenters. The molecule has 4 aromatic rings. The second-order valence-corrected chi connectivity index (χ2v) is 9.17. The van der Waals surface area contributed by atoms with Gasteiger partial charge in [0.25, 0.3) is 0 Å². The molecular formula is C26H27N9O2. The van der Waals surface area contributed by atoms with E-state index in [1.807, 2.05) is 35.1 Å². The number of carbonyl (C=O) groups is 1. The van der Waals surface area contributed by atoms with Crippen LogP contribution in [0.25, 0.3) is 22.3 Å². The number of pyridine rings is 2. The van der Waals surface area contributed by atoms with E-state index in [4.69, 9.17) is 20.6 Å². The Hall–Kier alpha value is -4.54. The summed E-state index contributed by atoms with van der Waals surface area (Å²) in [5, 5.41) is 5.62. The maximum atomic E-state index is 12.2. The van der Waals surface area contributed by atoms with Crippen molar-refractivity contribution in [1.82, 2.24) is 34.6 Å². The van der Waals surface area contributed by atoms with E-state index >= 15 is 0 Å². The summed E-state index contributed by atoms with van der Waals surface area (Å²) in [5.41, 5.74) is 9.36. The van der Waals surface area contributed by atoms with Gasteiger partial charge in [-0.15, -0.1) is 0 Å². The number of amides is 1. The van der Waals surface area contributed by atoms with E-state index in [0.29, 0.717) is 48.8 Å². The van der Waals surface area contributed by atoms with Crippen molar-refractivity contribution in [2.24, 2.45) is 0 Å². The molecule has 0 radical (unpaired) electrons. The quantitative estimate of drug-likeness (QED) is 0.414. The number of hydrogen-bond donors (Lipinski definition) is 1. The highest BCUT2D eigenvalue weighted by atomic mass is 16.5. The number of nitrogen functional groups attached to an aromatic ring is 1. The zero-order chi connectivity index (χ0) is 25.4. The Labute approximate surface area is 213 Å². The number of nitrogens with zero attached hydrogens (tertiary/aromatic N) is 8. The Balaban J connectivity index is 1.31. The largest absolute Gasteiger partial charge is 0.488 e. The number of anilines is 2. The number of aromatic nitrogens is 6. The molecule has 0 spiro atoms. The summed E-state index contributed by atoms with van der Waals surface area (Å²) in [5.74, 6) is 1.90. The van der Waals surface area contributed by atoms with Gasteiger partial charge in [0, 0.05) is 31.0 Å². The van der Waals surface area contributed by atoms with E-state index in [1.54, 1.807) is 11.1 Å². The van der Waals surface area contributed by atoms with Gasteiger partial charge < -0.3 is 20.3 Å². The van der Waals surface area contributed by atoms with E-state index in [9.17, 15) is 4.79 Å². The van der Waals surface area contributed by atoms with Crippen molar-refractivity contribution >= 4 is 28.6 Å². The summed E-state index contributed by atoms with van der Waals surface area (Å²) >= 11 is 0. The minimum absolute atomic E-state index is 0.0238.